The van der Waals surface area contributed by atoms with Crippen LogP contribution in [0.1, 0.15) is 53.8 Å². The van der Waals surface area contributed by atoms with Gasteiger partial charge >= 0.3 is 0 Å². The lowest BCUT2D eigenvalue weighted by atomic mass is 10.1. The zero-order valence-electron chi connectivity index (χ0n) is 17.5. The molecule has 0 radical (unpaired) electrons. The molecule has 0 unspecified atom stereocenters. The van der Waals surface area contributed by atoms with E-state index in [0.717, 1.165) is 19.3 Å². The van der Waals surface area contributed by atoms with E-state index in [2.05, 4.69) is 45.9 Å². The van der Waals surface area contributed by atoms with Gasteiger partial charge in [-0.3, -0.25) is 25.2 Å². The second kappa shape index (κ2) is 10.4. The molecule has 7 nitrogen and oxygen atoms in total. The first-order valence-corrected chi connectivity index (χ1v) is 11.1. The van der Waals surface area contributed by atoms with Gasteiger partial charge in [0.15, 0.2) is 0 Å². The Balaban J connectivity index is 1.49. The fourth-order valence-corrected chi connectivity index (χ4v) is 3.21. The first-order chi connectivity index (χ1) is 14.8. The molecule has 2 aromatic carbocycles. The molecule has 0 atom stereocenters. The minimum atomic E-state index is -0.457. The first-order valence-electron chi connectivity index (χ1n) is 10.3. The molecule has 3 amide bonds. The van der Waals surface area contributed by atoms with Crippen LogP contribution in [0.15, 0.2) is 46.9 Å². The third kappa shape index (κ3) is 6.82. The summed E-state index contributed by atoms with van der Waals surface area (Å²) in [5.74, 6) is 0.420. The van der Waals surface area contributed by atoms with E-state index in [1.165, 1.54) is 0 Å². The summed E-state index contributed by atoms with van der Waals surface area (Å²) in [6.07, 6.45) is 2.79. The SMILES string of the molecule is CC(C)CCOc1ccc(C(=O)NNC(=O)c2ccc(NC(=O)C3CC3)cc2)cc1Br. The van der Waals surface area contributed by atoms with Crippen LogP contribution in [0.2, 0.25) is 0 Å². The number of carbonyl (C=O) groups excluding carboxylic acids is 3. The van der Waals surface area contributed by atoms with Crippen molar-refractivity contribution >= 4 is 39.3 Å². The Hall–Kier alpha value is -2.87. The van der Waals surface area contributed by atoms with E-state index in [9.17, 15) is 14.4 Å². The molecule has 3 N–H and O–H groups in total. The lowest BCUT2D eigenvalue weighted by molar-refractivity contribution is -0.117. The fraction of sp³-hybridized carbons (Fsp3) is 0.348. The van der Waals surface area contributed by atoms with E-state index in [0.29, 0.717) is 39.6 Å². The van der Waals surface area contributed by atoms with E-state index >= 15 is 0 Å². The Morgan fingerprint density at radius 1 is 1.00 bits per heavy atom. The minimum absolute atomic E-state index is 0.00645. The van der Waals surface area contributed by atoms with Crippen LogP contribution in [-0.4, -0.2) is 24.3 Å². The summed E-state index contributed by atoms with van der Waals surface area (Å²) in [4.78, 5) is 36.4. The average molecular weight is 488 g/mol. The van der Waals surface area contributed by atoms with E-state index in [-0.39, 0.29) is 11.8 Å². The number of amides is 3. The Kier molecular flexibility index (Phi) is 7.68. The second-order valence-electron chi connectivity index (χ2n) is 7.93. The molecule has 1 aliphatic carbocycles. The van der Waals surface area contributed by atoms with E-state index < -0.39 is 11.8 Å². The summed E-state index contributed by atoms with van der Waals surface area (Å²) in [5, 5.41) is 2.81. The van der Waals surface area contributed by atoms with Crippen molar-refractivity contribution in [3.63, 3.8) is 0 Å². The highest BCUT2D eigenvalue weighted by molar-refractivity contribution is 9.10. The van der Waals surface area contributed by atoms with Crippen molar-refractivity contribution in [2.75, 3.05) is 11.9 Å². The lowest BCUT2D eigenvalue weighted by Crippen LogP contribution is -2.41. The Morgan fingerprint density at radius 2 is 1.61 bits per heavy atom. The number of rotatable bonds is 8. The van der Waals surface area contributed by atoms with Crippen molar-refractivity contribution < 1.29 is 19.1 Å². The quantitative estimate of drug-likeness (QED) is 0.483. The summed E-state index contributed by atoms with van der Waals surface area (Å²) >= 11 is 3.41. The normalized spacial score (nSPS) is 12.9. The average Bonchev–Trinajstić information content (AvgIpc) is 3.58. The molecular formula is C23H26BrN3O4. The van der Waals surface area contributed by atoms with Gasteiger partial charge in [-0.1, -0.05) is 13.8 Å². The van der Waals surface area contributed by atoms with Gasteiger partial charge in [0.1, 0.15) is 5.75 Å². The molecule has 0 heterocycles. The number of hydrazine groups is 1. The summed E-state index contributed by atoms with van der Waals surface area (Å²) in [5.41, 5.74) is 6.17. The van der Waals surface area contributed by atoms with Crippen molar-refractivity contribution in [2.45, 2.75) is 33.1 Å². The Labute approximate surface area is 190 Å². The molecule has 1 fully saturated rings. The van der Waals surface area contributed by atoms with Crippen molar-refractivity contribution in [2.24, 2.45) is 11.8 Å². The second-order valence-corrected chi connectivity index (χ2v) is 8.78. The van der Waals surface area contributed by atoms with Gasteiger partial charge in [-0.05, 0) is 83.6 Å². The summed E-state index contributed by atoms with van der Waals surface area (Å²) in [6, 6.07) is 11.5. The third-order valence-corrected chi connectivity index (χ3v) is 5.42. The molecule has 0 saturated heterocycles. The van der Waals surface area contributed by atoms with Crippen LogP contribution in [0.25, 0.3) is 0 Å². The van der Waals surface area contributed by atoms with Crippen LogP contribution in [0.5, 0.6) is 5.75 Å². The number of benzene rings is 2. The number of hydrogen-bond acceptors (Lipinski definition) is 4. The van der Waals surface area contributed by atoms with Crippen LogP contribution in [0, 0.1) is 11.8 Å². The Morgan fingerprint density at radius 3 is 2.19 bits per heavy atom. The van der Waals surface area contributed by atoms with Crippen LogP contribution in [-0.2, 0) is 4.79 Å². The van der Waals surface area contributed by atoms with Crippen LogP contribution < -0.4 is 20.9 Å². The van der Waals surface area contributed by atoms with Crippen LogP contribution in [0.4, 0.5) is 5.69 Å². The molecule has 0 aliphatic heterocycles. The Bertz CT molecular complexity index is 956. The van der Waals surface area contributed by atoms with E-state index in [1.54, 1.807) is 42.5 Å². The predicted molar refractivity (Wildman–Crippen MR) is 122 cm³/mol. The molecule has 164 valence electrons. The highest BCUT2D eigenvalue weighted by Gasteiger charge is 2.29. The summed E-state index contributed by atoms with van der Waals surface area (Å²) in [7, 11) is 0. The van der Waals surface area contributed by atoms with Crippen molar-refractivity contribution in [1.29, 1.82) is 0 Å². The van der Waals surface area contributed by atoms with Gasteiger partial charge < -0.3 is 10.1 Å². The maximum Gasteiger partial charge on any atom is 0.269 e. The predicted octanol–water partition coefficient (Wildman–Crippen LogP) is 4.30. The monoisotopic (exact) mass is 487 g/mol. The zero-order chi connectivity index (χ0) is 22.4. The number of carbonyl (C=O) groups is 3. The molecule has 0 aromatic heterocycles. The number of anilines is 1. The molecule has 1 aliphatic rings. The molecule has 2 aromatic rings. The molecule has 31 heavy (non-hydrogen) atoms. The van der Waals surface area contributed by atoms with Crippen LogP contribution in [0.3, 0.4) is 0 Å². The first kappa shape index (κ1) is 22.8. The van der Waals surface area contributed by atoms with Gasteiger partial charge in [-0.25, -0.2) is 0 Å². The number of hydrogen-bond donors (Lipinski definition) is 3. The molecule has 8 heteroatoms. The zero-order valence-corrected chi connectivity index (χ0v) is 19.1. The highest BCUT2D eigenvalue weighted by atomic mass is 79.9. The van der Waals surface area contributed by atoms with Gasteiger partial charge in [-0.15, -0.1) is 0 Å². The topological polar surface area (TPSA) is 96.5 Å². The van der Waals surface area contributed by atoms with E-state index in [4.69, 9.17) is 4.74 Å². The van der Waals surface area contributed by atoms with Gasteiger partial charge in [-0.2, -0.15) is 0 Å². The highest BCUT2D eigenvalue weighted by Crippen LogP contribution is 2.30. The third-order valence-electron chi connectivity index (χ3n) is 4.80. The van der Waals surface area contributed by atoms with Gasteiger partial charge in [0.2, 0.25) is 5.91 Å². The smallest absolute Gasteiger partial charge is 0.269 e. The van der Waals surface area contributed by atoms with Crippen molar-refractivity contribution in [1.82, 2.24) is 10.9 Å². The van der Waals surface area contributed by atoms with Gasteiger partial charge in [0.05, 0.1) is 11.1 Å². The number of halogens is 1. The van der Waals surface area contributed by atoms with Gasteiger partial charge in [0, 0.05) is 22.7 Å². The fourth-order valence-electron chi connectivity index (χ4n) is 2.72. The maximum atomic E-state index is 12.4. The summed E-state index contributed by atoms with van der Waals surface area (Å²) < 4.78 is 6.38. The number of ether oxygens (including phenoxy) is 1. The van der Waals surface area contributed by atoms with E-state index in [1.807, 2.05) is 0 Å². The van der Waals surface area contributed by atoms with Crippen LogP contribution >= 0.6 is 15.9 Å². The molecule has 3 rings (SSSR count). The molecular weight excluding hydrogens is 462 g/mol. The number of nitrogens with one attached hydrogen (secondary N) is 3. The minimum Gasteiger partial charge on any atom is -0.492 e. The largest absolute Gasteiger partial charge is 0.492 e. The maximum absolute atomic E-state index is 12.4. The standard InChI is InChI=1S/C23H26BrN3O4/c1-14(2)11-12-31-20-10-7-17(13-19(20)24)23(30)27-26-22(29)16-5-8-18(9-6-16)25-21(28)15-3-4-15/h5-10,13-15H,3-4,11-12H2,1-2H3,(H,25,28)(H,26,29)(H,27,30). The molecule has 0 spiro atoms. The molecule has 1 saturated carbocycles. The lowest BCUT2D eigenvalue weighted by Gasteiger charge is -2.12. The molecule has 0 bridgehead atoms. The summed E-state index contributed by atoms with van der Waals surface area (Å²) in [6.45, 7) is 4.85. The van der Waals surface area contributed by atoms with Crippen molar-refractivity contribution in [3.8, 4) is 5.75 Å². The van der Waals surface area contributed by atoms with Gasteiger partial charge in [0.25, 0.3) is 11.8 Å². The van der Waals surface area contributed by atoms with Crippen molar-refractivity contribution in [3.05, 3.63) is 58.1 Å².